The number of anilines is 3. The first-order valence-electron chi connectivity index (χ1n) is 17.6. The van der Waals surface area contributed by atoms with Crippen molar-refractivity contribution in [3.63, 3.8) is 0 Å². The molecule has 0 atom stereocenters. The van der Waals surface area contributed by atoms with Crippen LogP contribution in [0.2, 0.25) is 0 Å². The average Bonchev–Trinajstić information content (AvgIpc) is 3.02. The van der Waals surface area contributed by atoms with Gasteiger partial charge in [0, 0.05) is 31.2 Å². The first-order chi connectivity index (χ1) is 22.1. The van der Waals surface area contributed by atoms with Gasteiger partial charge in [-0.25, -0.2) is 0 Å². The molecule has 10 heteroatoms. The van der Waals surface area contributed by atoms with Gasteiger partial charge in [0.2, 0.25) is 17.8 Å². The molecule has 2 aromatic rings. The van der Waals surface area contributed by atoms with Crippen LogP contribution in [0.4, 0.5) is 17.8 Å². The summed E-state index contributed by atoms with van der Waals surface area (Å²) < 4.78 is 11.4. The molecule has 5 aliphatic rings. The Hall–Kier alpha value is -2.98. The molecule has 0 aliphatic heterocycles. The molecule has 1 aromatic carbocycles. The lowest BCUT2D eigenvalue weighted by Crippen LogP contribution is -2.49. The van der Waals surface area contributed by atoms with E-state index in [9.17, 15) is 4.79 Å². The molecule has 10 nitrogen and oxygen atoms in total. The minimum Gasteiger partial charge on any atom is -0.377 e. The highest BCUT2D eigenvalue weighted by Gasteiger charge is 2.50. The van der Waals surface area contributed by atoms with Gasteiger partial charge in [0.15, 0.2) is 0 Å². The summed E-state index contributed by atoms with van der Waals surface area (Å²) in [6, 6.07) is 9.61. The molecule has 0 saturated heterocycles. The van der Waals surface area contributed by atoms with E-state index in [0.29, 0.717) is 74.4 Å². The predicted molar refractivity (Wildman–Crippen MR) is 178 cm³/mol. The fourth-order valence-electron chi connectivity index (χ4n) is 8.64. The van der Waals surface area contributed by atoms with Crippen LogP contribution in [-0.4, -0.2) is 73.0 Å². The highest BCUT2D eigenvalue weighted by Crippen LogP contribution is 2.59. The number of nitrogens with zero attached hydrogens (tertiary/aromatic N) is 3. The number of benzene rings is 1. The topological polar surface area (TPSA) is 122 Å². The number of rotatable bonds is 16. The summed E-state index contributed by atoms with van der Waals surface area (Å²) in [4.78, 5) is 26.5. The second-order valence-corrected chi connectivity index (χ2v) is 14.0. The summed E-state index contributed by atoms with van der Waals surface area (Å²) in [7, 11) is 0. The Labute approximate surface area is 268 Å². The third-order valence-corrected chi connectivity index (χ3v) is 10.3. The smallest absolute Gasteiger partial charge is 0.251 e. The van der Waals surface area contributed by atoms with Gasteiger partial charge in [-0.2, -0.15) is 15.0 Å². The maximum Gasteiger partial charge on any atom is 0.251 e. The Bertz CT molecular complexity index is 1170. The zero-order valence-corrected chi connectivity index (χ0v) is 26.9. The van der Waals surface area contributed by atoms with E-state index in [1.165, 1.54) is 83.5 Å². The minimum absolute atomic E-state index is 0.0889. The number of hydrogen-bond donors (Lipinski definition) is 4. The number of hydrogen-bond acceptors (Lipinski definition) is 9. The highest BCUT2D eigenvalue weighted by molar-refractivity contribution is 5.94. The van der Waals surface area contributed by atoms with E-state index in [1.54, 1.807) is 12.1 Å². The number of amides is 1. The van der Waals surface area contributed by atoms with Crippen molar-refractivity contribution in [1.82, 2.24) is 20.3 Å². The summed E-state index contributed by atoms with van der Waals surface area (Å²) in [6.45, 7) is 3.93. The summed E-state index contributed by atoms with van der Waals surface area (Å²) in [5.74, 6) is 4.61. The van der Waals surface area contributed by atoms with E-state index < -0.39 is 0 Å². The maximum absolute atomic E-state index is 12.1. The van der Waals surface area contributed by atoms with Gasteiger partial charge in [0.25, 0.3) is 5.91 Å². The summed E-state index contributed by atoms with van der Waals surface area (Å²) >= 11 is 0. The van der Waals surface area contributed by atoms with Crippen LogP contribution in [0.5, 0.6) is 0 Å². The predicted octanol–water partition coefficient (Wildman–Crippen LogP) is 5.90. The SMILES string of the molecule is O=C(NCCOCCOCCNc1nc(NCC23CC4CC(CC(C4)C2)C3)nc(NC2CCCCCCC2)n1)c1ccccc1. The quantitative estimate of drug-likeness (QED) is 0.170. The van der Waals surface area contributed by atoms with Gasteiger partial charge in [-0.3, -0.25) is 4.79 Å². The van der Waals surface area contributed by atoms with Crippen molar-refractivity contribution in [3.8, 4) is 0 Å². The van der Waals surface area contributed by atoms with Gasteiger partial charge >= 0.3 is 0 Å². The number of carbonyl (C=O) groups is 1. The molecule has 0 radical (unpaired) electrons. The molecular weight excluding hydrogens is 566 g/mol. The van der Waals surface area contributed by atoms with Crippen molar-refractivity contribution >= 4 is 23.8 Å². The Kier molecular flexibility index (Phi) is 11.4. The first-order valence-corrected chi connectivity index (χ1v) is 17.6. The van der Waals surface area contributed by atoms with Crippen LogP contribution < -0.4 is 21.3 Å². The van der Waals surface area contributed by atoms with E-state index in [0.717, 1.165) is 24.3 Å². The summed E-state index contributed by atoms with van der Waals surface area (Å²) in [5, 5.41) is 13.6. The van der Waals surface area contributed by atoms with E-state index >= 15 is 0 Å². The molecule has 5 fully saturated rings. The van der Waals surface area contributed by atoms with Crippen LogP contribution in [0.15, 0.2) is 30.3 Å². The van der Waals surface area contributed by atoms with Crippen molar-refractivity contribution in [1.29, 1.82) is 0 Å². The molecule has 1 aromatic heterocycles. The van der Waals surface area contributed by atoms with E-state index in [4.69, 9.17) is 24.4 Å². The van der Waals surface area contributed by atoms with Crippen molar-refractivity contribution in [2.45, 2.75) is 89.5 Å². The lowest BCUT2D eigenvalue weighted by Gasteiger charge is -2.56. The van der Waals surface area contributed by atoms with E-state index in [1.807, 2.05) is 18.2 Å². The van der Waals surface area contributed by atoms with Gasteiger partial charge in [-0.05, 0) is 86.7 Å². The largest absolute Gasteiger partial charge is 0.377 e. The maximum atomic E-state index is 12.1. The Morgan fingerprint density at radius 2 is 1.29 bits per heavy atom. The van der Waals surface area contributed by atoms with Crippen molar-refractivity contribution < 1.29 is 14.3 Å². The molecule has 7 rings (SSSR count). The highest BCUT2D eigenvalue weighted by atomic mass is 16.5. The van der Waals surface area contributed by atoms with Crippen LogP contribution in [0, 0.1) is 23.2 Å². The molecule has 0 unspecified atom stereocenters. The van der Waals surface area contributed by atoms with Crippen LogP contribution in [0.25, 0.3) is 0 Å². The number of nitrogens with one attached hydrogen (secondary N) is 4. The van der Waals surface area contributed by atoms with E-state index in [2.05, 4.69) is 21.3 Å². The normalized spacial score (nSPS) is 26.2. The Morgan fingerprint density at radius 1 is 0.711 bits per heavy atom. The molecule has 45 heavy (non-hydrogen) atoms. The van der Waals surface area contributed by atoms with Crippen LogP contribution in [0.3, 0.4) is 0 Å². The lowest BCUT2D eigenvalue weighted by atomic mass is 9.49. The third kappa shape index (κ3) is 9.51. The van der Waals surface area contributed by atoms with Crippen LogP contribution >= 0.6 is 0 Å². The van der Waals surface area contributed by atoms with Gasteiger partial charge in [-0.15, -0.1) is 0 Å². The number of carbonyl (C=O) groups excluding carboxylic acids is 1. The van der Waals surface area contributed by atoms with Crippen molar-refractivity contribution in [3.05, 3.63) is 35.9 Å². The van der Waals surface area contributed by atoms with Gasteiger partial charge < -0.3 is 30.7 Å². The number of aromatic nitrogens is 3. The molecule has 246 valence electrons. The van der Waals surface area contributed by atoms with Crippen molar-refractivity contribution in [2.24, 2.45) is 23.2 Å². The Balaban J connectivity index is 0.945. The third-order valence-electron chi connectivity index (χ3n) is 10.3. The van der Waals surface area contributed by atoms with Crippen LogP contribution in [0.1, 0.15) is 93.8 Å². The van der Waals surface area contributed by atoms with Gasteiger partial charge in [0.05, 0.1) is 26.4 Å². The fourth-order valence-corrected chi connectivity index (χ4v) is 8.64. The molecule has 4 bridgehead atoms. The molecule has 1 heterocycles. The molecule has 4 N–H and O–H groups in total. The van der Waals surface area contributed by atoms with Crippen LogP contribution in [-0.2, 0) is 9.47 Å². The zero-order valence-electron chi connectivity index (χ0n) is 26.9. The monoisotopic (exact) mass is 619 g/mol. The minimum atomic E-state index is -0.0889. The summed E-state index contributed by atoms with van der Waals surface area (Å²) in [6.07, 6.45) is 17.3. The molecule has 0 spiro atoms. The van der Waals surface area contributed by atoms with E-state index in [-0.39, 0.29) is 5.91 Å². The summed E-state index contributed by atoms with van der Waals surface area (Å²) in [5.41, 5.74) is 1.06. The second-order valence-electron chi connectivity index (χ2n) is 14.0. The molecule has 5 aliphatic carbocycles. The first kappa shape index (κ1) is 32.0. The molecule has 5 saturated carbocycles. The zero-order chi connectivity index (χ0) is 30.7. The molecule has 1 amide bonds. The van der Waals surface area contributed by atoms with Crippen molar-refractivity contribution in [2.75, 3.05) is 62.0 Å². The average molecular weight is 620 g/mol. The van der Waals surface area contributed by atoms with Gasteiger partial charge in [0.1, 0.15) is 0 Å². The number of ether oxygens (including phenoxy) is 2. The van der Waals surface area contributed by atoms with Gasteiger partial charge in [-0.1, -0.05) is 50.3 Å². The Morgan fingerprint density at radius 3 is 1.96 bits per heavy atom. The lowest BCUT2D eigenvalue weighted by molar-refractivity contribution is -0.0445. The fraction of sp³-hybridized carbons (Fsp3) is 0.714. The molecular formula is C35H53N7O3. The second kappa shape index (κ2) is 16.0. The standard InChI is InChI=1S/C35H53N7O3/c43-31(29-9-5-4-6-10-29)36-13-15-44-17-18-45-16-14-37-32-40-33(42-34(41-32)39-30-11-7-2-1-3-8-12-30)38-25-35-22-26-19-27(23-35)21-28(20-26)24-35/h4-6,9-10,26-28,30H,1-3,7-8,11-25H2,(H,36,43)(H3,37,38,39,40,41,42).